The molecule has 142 valence electrons. The van der Waals surface area contributed by atoms with Gasteiger partial charge in [-0.1, -0.05) is 39.3 Å². The highest BCUT2D eigenvalue weighted by Gasteiger charge is 2.64. The van der Waals surface area contributed by atoms with E-state index in [0.29, 0.717) is 28.6 Å². The van der Waals surface area contributed by atoms with Gasteiger partial charge in [-0.25, -0.2) is 0 Å². The molecule has 2 aliphatic rings. The molecule has 6 nitrogen and oxygen atoms in total. The number of nitriles is 1. The van der Waals surface area contributed by atoms with Crippen LogP contribution in [0.3, 0.4) is 0 Å². The summed E-state index contributed by atoms with van der Waals surface area (Å²) in [5, 5.41) is 20.4. The Balaban J connectivity index is 1.75. The summed E-state index contributed by atoms with van der Waals surface area (Å²) < 4.78 is 6.22. The highest BCUT2D eigenvalue weighted by molar-refractivity contribution is 6.31. The number of benzene rings is 1. The highest BCUT2D eigenvalue weighted by Crippen LogP contribution is 2.55. The van der Waals surface area contributed by atoms with Gasteiger partial charge in [-0.2, -0.15) is 15.5 Å². The fourth-order valence-electron chi connectivity index (χ4n) is 4.36. The Morgan fingerprint density at radius 2 is 2.04 bits per heavy atom. The van der Waals surface area contributed by atoms with E-state index >= 15 is 0 Å². The van der Waals surface area contributed by atoms with Gasteiger partial charge in [0.05, 0.1) is 17.1 Å². The second-order valence-corrected chi connectivity index (χ2v) is 8.55. The second kappa shape index (κ2) is 6.97. The van der Waals surface area contributed by atoms with Crippen molar-refractivity contribution in [2.24, 2.45) is 21.1 Å². The number of carbonyl (C=O) groups is 1. The van der Waals surface area contributed by atoms with Crippen molar-refractivity contribution >= 4 is 17.5 Å². The van der Waals surface area contributed by atoms with Crippen LogP contribution in [0.25, 0.3) is 0 Å². The number of azo groups is 1. The summed E-state index contributed by atoms with van der Waals surface area (Å²) in [7, 11) is 0. The predicted octanol–water partition coefficient (Wildman–Crippen LogP) is 4.25. The average Bonchev–Trinajstić information content (AvgIpc) is 2.64. The topological polar surface area (TPSA) is 86.8 Å². The molecule has 1 N–H and O–H groups in total. The Bertz CT molecular complexity index is 851. The summed E-state index contributed by atoms with van der Waals surface area (Å²) >= 11 is 6.11. The van der Waals surface area contributed by atoms with Crippen molar-refractivity contribution in [2.45, 2.75) is 46.3 Å². The lowest BCUT2D eigenvalue weighted by Crippen LogP contribution is -2.74. The van der Waals surface area contributed by atoms with Crippen LogP contribution in [0, 0.1) is 22.2 Å². The average molecular weight is 387 g/mol. The van der Waals surface area contributed by atoms with E-state index in [0.717, 1.165) is 6.42 Å². The largest absolute Gasteiger partial charge is 0.489 e. The first kappa shape index (κ1) is 19.4. The third-order valence-electron chi connectivity index (χ3n) is 5.41. The minimum absolute atomic E-state index is 0.0885. The monoisotopic (exact) mass is 386 g/mol. The van der Waals surface area contributed by atoms with E-state index in [4.69, 9.17) is 21.6 Å². The van der Waals surface area contributed by atoms with Crippen LogP contribution < -0.4 is 10.1 Å². The Labute approximate surface area is 164 Å². The van der Waals surface area contributed by atoms with Crippen LogP contribution in [-0.4, -0.2) is 24.6 Å². The summed E-state index contributed by atoms with van der Waals surface area (Å²) in [5.74, 6) is 0.406. The molecule has 27 heavy (non-hydrogen) atoms. The molecule has 1 amide bonds. The van der Waals surface area contributed by atoms with Crippen molar-refractivity contribution in [3.63, 3.8) is 0 Å². The van der Waals surface area contributed by atoms with Crippen LogP contribution in [0.5, 0.6) is 5.75 Å². The van der Waals surface area contributed by atoms with Crippen LogP contribution in [-0.2, 0) is 4.79 Å². The summed E-state index contributed by atoms with van der Waals surface area (Å²) in [4.78, 5) is 12.5. The molecule has 1 saturated carbocycles. The molecule has 0 bridgehead atoms. The summed E-state index contributed by atoms with van der Waals surface area (Å²) in [6.07, 6.45) is 2.41. The first-order chi connectivity index (χ1) is 12.7. The van der Waals surface area contributed by atoms with E-state index < -0.39 is 0 Å². The smallest absolute Gasteiger partial charge is 0.271 e. The van der Waals surface area contributed by atoms with E-state index in [1.54, 1.807) is 18.2 Å². The molecule has 0 aromatic heterocycles. The quantitative estimate of drug-likeness (QED) is 0.839. The first-order valence-corrected chi connectivity index (χ1v) is 9.30. The molecule has 1 aliphatic heterocycles. The van der Waals surface area contributed by atoms with Gasteiger partial charge >= 0.3 is 0 Å². The van der Waals surface area contributed by atoms with Crippen molar-refractivity contribution in [1.82, 2.24) is 5.32 Å². The molecular formula is C20H23ClN4O2. The van der Waals surface area contributed by atoms with Crippen LogP contribution in [0.2, 0.25) is 5.02 Å². The number of nitrogens with one attached hydrogen (secondary N) is 1. The number of hydrogen-bond acceptors (Lipinski definition) is 5. The van der Waals surface area contributed by atoms with Gasteiger partial charge in [-0.05, 0) is 24.6 Å². The summed E-state index contributed by atoms with van der Waals surface area (Å²) in [6, 6.07) is 7.00. The molecule has 1 fully saturated rings. The first-order valence-electron chi connectivity index (χ1n) is 8.92. The maximum absolute atomic E-state index is 12.5. The van der Waals surface area contributed by atoms with Crippen molar-refractivity contribution < 1.29 is 9.53 Å². The normalized spacial score (nSPS) is 25.0. The van der Waals surface area contributed by atoms with Gasteiger partial charge in [-0.3, -0.25) is 4.79 Å². The van der Waals surface area contributed by atoms with Gasteiger partial charge in [0.15, 0.2) is 0 Å². The minimum atomic E-state index is -0.300. The van der Waals surface area contributed by atoms with Gasteiger partial charge in [0, 0.05) is 22.9 Å². The van der Waals surface area contributed by atoms with Gasteiger partial charge in [0.2, 0.25) is 0 Å². The van der Waals surface area contributed by atoms with E-state index in [1.807, 2.05) is 12.1 Å². The van der Waals surface area contributed by atoms with E-state index in [9.17, 15) is 4.79 Å². The minimum Gasteiger partial charge on any atom is -0.489 e. The van der Waals surface area contributed by atoms with Gasteiger partial charge in [0.1, 0.15) is 23.6 Å². The maximum atomic E-state index is 12.5. The second-order valence-electron chi connectivity index (χ2n) is 8.14. The third-order valence-corrected chi connectivity index (χ3v) is 5.72. The molecule has 3 rings (SSSR count). The molecule has 0 radical (unpaired) electrons. The lowest BCUT2D eigenvalue weighted by Gasteiger charge is -2.63. The zero-order valence-corrected chi connectivity index (χ0v) is 16.7. The summed E-state index contributed by atoms with van der Waals surface area (Å²) in [6.45, 7) is 8.89. The zero-order chi connectivity index (χ0) is 19.8. The number of halogens is 1. The molecule has 7 heteroatoms. The van der Waals surface area contributed by atoms with Gasteiger partial charge in [0.25, 0.3) is 5.91 Å². The van der Waals surface area contributed by atoms with Gasteiger partial charge in [-0.15, -0.1) is 0 Å². The summed E-state index contributed by atoms with van der Waals surface area (Å²) in [5.41, 5.74) is 0.185. The third kappa shape index (κ3) is 3.44. The van der Waals surface area contributed by atoms with Gasteiger partial charge < -0.3 is 10.1 Å². The number of carbonyl (C=O) groups excluding carboxylic acids is 1. The van der Waals surface area contributed by atoms with Crippen LogP contribution >= 0.6 is 11.6 Å². The fraction of sp³-hybridized carbons (Fsp3) is 0.500. The number of ether oxygens (including phenoxy) is 1. The molecule has 0 saturated heterocycles. The Morgan fingerprint density at radius 3 is 2.59 bits per heavy atom. The van der Waals surface area contributed by atoms with Crippen LogP contribution in [0.4, 0.5) is 0 Å². The molecule has 0 unspecified atom stereocenters. The number of nitrogens with zero attached hydrogens (tertiary/aromatic N) is 3. The fourth-order valence-corrected chi connectivity index (χ4v) is 4.58. The maximum Gasteiger partial charge on any atom is 0.271 e. The van der Waals surface area contributed by atoms with E-state index in [2.05, 4.69) is 43.2 Å². The predicted molar refractivity (Wildman–Crippen MR) is 102 cm³/mol. The Morgan fingerprint density at radius 1 is 1.33 bits per heavy atom. The lowest BCUT2D eigenvalue weighted by molar-refractivity contribution is -0.172. The molecule has 1 aromatic carbocycles. The number of hydrogen-bond donors (Lipinski definition) is 1. The van der Waals surface area contributed by atoms with E-state index in [1.165, 1.54) is 0 Å². The number of amides is 1. The molecule has 0 spiro atoms. The van der Waals surface area contributed by atoms with Crippen molar-refractivity contribution in [3.8, 4) is 11.8 Å². The molecular weight excluding hydrogens is 364 g/mol. The Kier molecular flexibility index (Phi) is 5.00. The van der Waals surface area contributed by atoms with Crippen LogP contribution in [0.15, 0.2) is 40.2 Å². The zero-order valence-electron chi connectivity index (χ0n) is 15.9. The molecule has 1 aromatic rings. The Hall–Kier alpha value is -2.39. The van der Waals surface area contributed by atoms with Crippen molar-refractivity contribution in [1.29, 1.82) is 5.26 Å². The molecule has 1 heterocycles. The standard InChI is InChI=1S/C20H23ClN4O2/c1-19(2)17(24-16(26)15-6-5-9-23-25-15)20(3,4)18(19)27-13-8-7-12(11-22)14(21)10-13/h6-8,10,17-18H,5,9H2,1-4H3,(H,24,26)/t17-,18-. The lowest BCUT2D eigenvalue weighted by atomic mass is 9.49. The van der Waals surface area contributed by atoms with Crippen molar-refractivity contribution in [2.75, 3.05) is 6.54 Å². The highest BCUT2D eigenvalue weighted by atomic mass is 35.5. The molecule has 1 aliphatic carbocycles. The number of rotatable bonds is 4. The van der Waals surface area contributed by atoms with Crippen molar-refractivity contribution in [3.05, 3.63) is 40.6 Å². The molecule has 0 atom stereocenters. The van der Waals surface area contributed by atoms with Crippen LogP contribution in [0.1, 0.15) is 39.7 Å². The van der Waals surface area contributed by atoms with E-state index in [-0.39, 0.29) is 28.9 Å². The SMILES string of the molecule is CC1(C)[C@H](NC(=O)C2=CCCN=N2)C(C)(C)[C@H]1Oc1ccc(C#N)c(Cl)c1.